The predicted molar refractivity (Wildman–Crippen MR) is 57.9 cm³/mol. The van der Waals surface area contributed by atoms with Crippen LogP contribution in [0.15, 0.2) is 24.3 Å². The largest absolute Gasteiger partial charge is 0.491 e. The topological polar surface area (TPSA) is 48.1 Å². The quantitative estimate of drug-likeness (QED) is 0.537. The van der Waals surface area contributed by atoms with Crippen LogP contribution in [-0.2, 0) is 9.47 Å². The maximum absolute atomic E-state index is 11.4. The second-order valence-electron chi connectivity index (χ2n) is 3.65. The molecule has 1 saturated heterocycles. The summed E-state index contributed by atoms with van der Waals surface area (Å²) in [4.78, 5) is 11.4. The molecule has 0 saturated carbocycles. The monoisotopic (exact) mass is 222 g/mol. The fraction of sp³-hybridized carbons (Fsp3) is 0.417. The first-order valence-electron chi connectivity index (χ1n) is 5.16. The molecule has 1 aromatic rings. The Morgan fingerprint density at radius 1 is 1.44 bits per heavy atom. The van der Waals surface area contributed by atoms with Gasteiger partial charge in [-0.1, -0.05) is 0 Å². The van der Waals surface area contributed by atoms with Crippen molar-refractivity contribution in [3.8, 4) is 5.75 Å². The smallest absolute Gasteiger partial charge is 0.188 e. The minimum Gasteiger partial charge on any atom is -0.491 e. The summed E-state index contributed by atoms with van der Waals surface area (Å²) in [6, 6.07) is 7.05. The molecule has 1 atom stereocenters. The van der Waals surface area contributed by atoms with Crippen molar-refractivity contribution in [3.05, 3.63) is 29.8 Å². The normalized spacial score (nSPS) is 18.2. The van der Waals surface area contributed by atoms with Crippen LogP contribution in [0.2, 0.25) is 0 Å². The highest BCUT2D eigenvalue weighted by Gasteiger charge is 2.22. The van der Waals surface area contributed by atoms with Crippen LogP contribution in [0.3, 0.4) is 0 Å². The average Bonchev–Trinajstić information content (AvgIpc) is 3.11. The number of carbonyl (C=O) groups is 1. The van der Waals surface area contributed by atoms with Gasteiger partial charge in [-0.15, -0.1) is 0 Å². The van der Waals surface area contributed by atoms with Gasteiger partial charge in [0, 0.05) is 12.7 Å². The van der Waals surface area contributed by atoms with E-state index in [0.29, 0.717) is 12.2 Å². The van der Waals surface area contributed by atoms with Gasteiger partial charge in [-0.05, 0) is 24.3 Å². The molecule has 0 aliphatic carbocycles. The van der Waals surface area contributed by atoms with Gasteiger partial charge in [-0.3, -0.25) is 4.79 Å². The van der Waals surface area contributed by atoms with Crippen LogP contribution in [0.4, 0.5) is 0 Å². The highest BCUT2D eigenvalue weighted by atomic mass is 16.6. The number of ketones is 1. The molecule has 86 valence electrons. The van der Waals surface area contributed by atoms with Crippen LogP contribution >= 0.6 is 0 Å². The summed E-state index contributed by atoms with van der Waals surface area (Å²) in [5.41, 5.74) is 0.636. The summed E-state index contributed by atoms with van der Waals surface area (Å²) < 4.78 is 15.3. The minimum atomic E-state index is -0.0282. The van der Waals surface area contributed by atoms with Crippen LogP contribution in [0.5, 0.6) is 5.75 Å². The van der Waals surface area contributed by atoms with E-state index in [0.717, 1.165) is 12.4 Å². The number of methoxy groups -OCH3 is 1. The molecule has 0 aromatic heterocycles. The zero-order valence-electron chi connectivity index (χ0n) is 9.14. The zero-order chi connectivity index (χ0) is 11.4. The van der Waals surface area contributed by atoms with Crippen molar-refractivity contribution in [3.63, 3.8) is 0 Å². The lowest BCUT2D eigenvalue weighted by atomic mass is 10.1. The molecule has 0 radical (unpaired) electrons. The SMILES string of the molecule is COCC(=O)c1ccc(OCC2CO2)cc1. The maximum atomic E-state index is 11.4. The zero-order valence-corrected chi connectivity index (χ0v) is 9.14. The number of benzene rings is 1. The van der Waals surface area contributed by atoms with Gasteiger partial charge >= 0.3 is 0 Å². The average molecular weight is 222 g/mol. The van der Waals surface area contributed by atoms with Crippen molar-refractivity contribution < 1.29 is 19.0 Å². The minimum absolute atomic E-state index is 0.0282. The summed E-state index contributed by atoms with van der Waals surface area (Å²) in [5.74, 6) is 0.726. The second kappa shape index (κ2) is 5.09. The number of epoxide rings is 1. The number of rotatable bonds is 6. The van der Waals surface area contributed by atoms with E-state index in [2.05, 4.69) is 0 Å². The summed E-state index contributed by atoms with van der Waals surface area (Å²) in [6.07, 6.45) is 0.245. The van der Waals surface area contributed by atoms with Gasteiger partial charge in [-0.25, -0.2) is 0 Å². The Kier molecular flexibility index (Phi) is 3.54. The Labute approximate surface area is 94.1 Å². The Bertz CT molecular complexity index is 354. The number of carbonyl (C=O) groups excluding carboxylic acids is 1. The van der Waals surface area contributed by atoms with Crippen LogP contribution in [-0.4, -0.2) is 38.8 Å². The molecule has 0 N–H and O–H groups in total. The molecule has 1 heterocycles. The van der Waals surface area contributed by atoms with Gasteiger partial charge < -0.3 is 14.2 Å². The molecule has 16 heavy (non-hydrogen) atoms. The Morgan fingerprint density at radius 3 is 2.69 bits per heavy atom. The van der Waals surface area contributed by atoms with E-state index in [4.69, 9.17) is 14.2 Å². The van der Waals surface area contributed by atoms with Gasteiger partial charge in [0.05, 0.1) is 6.61 Å². The number of hydrogen-bond acceptors (Lipinski definition) is 4. The molecule has 1 fully saturated rings. The van der Waals surface area contributed by atoms with Gasteiger partial charge in [0.25, 0.3) is 0 Å². The third-order valence-corrected chi connectivity index (χ3v) is 2.29. The highest BCUT2D eigenvalue weighted by Crippen LogP contribution is 2.16. The standard InChI is InChI=1S/C12H14O4/c1-14-8-12(13)9-2-4-10(5-3-9)15-6-11-7-16-11/h2-5,11H,6-8H2,1H3. The number of ether oxygens (including phenoxy) is 3. The molecule has 2 rings (SSSR count). The van der Waals surface area contributed by atoms with Gasteiger partial charge in [0.15, 0.2) is 5.78 Å². The molecular weight excluding hydrogens is 208 g/mol. The fourth-order valence-electron chi connectivity index (χ4n) is 1.30. The van der Waals surface area contributed by atoms with Gasteiger partial charge in [0.1, 0.15) is 25.1 Å². The van der Waals surface area contributed by atoms with E-state index in [1.165, 1.54) is 7.11 Å². The molecule has 1 aliphatic heterocycles. The second-order valence-corrected chi connectivity index (χ2v) is 3.65. The lowest BCUT2D eigenvalue weighted by molar-refractivity contribution is 0.0848. The molecule has 1 unspecified atom stereocenters. The van der Waals surface area contributed by atoms with E-state index in [9.17, 15) is 4.79 Å². The molecule has 0 amide bonds. The lowest BCUT2D eigenvalue weighted by Crippen LogP contribution is -2.07. The fourth-order valence-corrected chi connectivity index (χ4v) is 1.30. The summed E-state index contributed by atoms with van der Waals surface area (Å²) in [7, 11) is 1.50. The summed E-state index contributed by atoms with van der Waals surface area (Å²) >= 11 is 0. The van der Waals surface area contributed by atoms with Crippen LogP contribution in [0.1, 0.15) is 10.4 Å². The van der Waals surface area contributed by atoms with E-state index < -0.39 is 0 Å². The van der Waals surface area contributed by atoms with Crippen molar-refractivity contribution in [1.82, 2.24) is 0 Å². The Hall–Kier alpha value is -1.39. The van der Waals surface area contributed by atoms with Crippen molar-refractivity contribution in [1.29, 1.82) is 0 Å². The van der Waals surface area contributed by atoms with E-state index >= 15 is 0 Å². The Balaban J connectivity index is 1.89. The molecule has 0 spiro atoms. The summed E-state index contributed by atoms with van der Waals surface area (Å²) in [6.45, 7) is 1.46. The van der Waals surface area contributed by atoms with Gasteiger partial charge in [-0.2, -0.15) is 0 Å². The van der Waals surface area contributed by atoms with E-state index in [-0.39, 0.29) is 18.5 Å². The first kappa shape index (κ1) is 11.1. The molecule has 0 bridgehead atoms. The highest BCUT2D eigenvalue weighted by molar-refractivity contribution is 5.97. The third kappa shape index (κ3) is 3.05. The molecule has 1 aliphatic rings. The number of Topliss-reactive ketones (excluding diaryl/α,β-unsaturated/α-hetero) is 1. The molecular formula is C12H14O4. The molecule has 1 aromatic carbocycles. The maximum Gasteiger partial charge on any atom is 0.188 e. The van der Waals surface area contributed by atoms with Crippen molar-refractivity contribution in [2.75, 3.05) is 26.9 Å². The van der Waals surface area contributed by atoms with Gasteiger partial charge in [0.2, 0.25) is 0 Å². The first-order valence-corrected chi connectivity index (χ1v) is 5.16. The van der Waals surface area contributed by atoms with Crippen molar-refractivity contribution >= 4 is 5.78 Å². The van der Waals surface area contributed by atoms with Crippen molar-refractivity contribution in [2.24, 2.45) is 0 Å². The first-order chi connectivity index (χ1) is 7.79. The third-order valence-electron chi connectivity index (χ3n) is 2.29. The van der Waals surface area contributed by atoms with Crippen LogP contribution < -0.4 is 4.74 Å². The predicted octanol–water partition coefficient (Wildman–Crippen LogP) is 1.29. The molecule has 4 nitrogen and oxygen atoms in total. The number of hydrogen-bond donors (Lipinski definition) is 0. The lowest BCUT2D eigenvalue weighted by Gasteiger charge is -2.05. The van der Waals surface area contributed by atoms with Crippen LogP contribution in [0.25, 0.3) is 0 Å². The van der Waals surface area contributed by atoms with E-state index in [1.807, 2.05) is 0 Å². The van der Waals surface area contributed by atoms with Crippen molar-refractivity contribution in [2.45, 2.75) is 6.10 Å². The molecule has 4 heteroatoms. The van der Waals surface area contributed by atoms with Crippen LogP contribution in [0, 0.1) is 0 Å². The Morgan fingerprint density at radius 2 is 2.12 bits per heavy atom. The van der Waals surface area contributed by atoms with E-state index in [1.54, 1.807) is 24.3 Å². The summed E-state index contributed by atoms with van der Waals surface area (Å²) in [5, 5.41) is 0.